The molecule has 1 aliphatic rings. The van der Waals surface area contributed by atoms with Gasteiger partial charge in [0.1, 0.15) is 5.75 Å². The monoisotopic (exact) mass is 279 g/mol. The second kappa shape index (κ2) is 5.75. The number of rotatable bonds is 4. The molecule has 3 nitrogen and oxygen atoms in total. The summed E-state index contributed by atoms with van der Waals surface area (Å²) in [7, 11) is 0. The average Bonchev–Trinajstić information content (AvgIpc) is 2.39. The van der Waals surface area contributed by atoms with Gasteiger partial charge in [-0.15, -0.1) is 0 Å². The highest BCUT2D eigenvalue weighted by Gasteiger charge is 2.44. The lowest BCUT2D eigenvalue weighted by molar-refractivity contribution is -0.253. The van der Waals surface area contributed by atoms with Crippen molar-refractivity contribution >= 4 is 0 Å². The molecule has 0 spiro atoms. The Kier molecular flexibility index (Phi) is 4.26. The largest absolute Gasteiger partial charge is 0.461 e. The molecule has 2 rings (SSSR count). The molecule has 0 aromatic heterocycles. The lowest BCUT2D eigenvalue weighted by Gasteiger charge is -2.25. The number of halogens is 4. The van der Waals surface area contributed by atoms with Crippen LogP contribution in [-0.2, 0) is 4.74 Å². The van der Waals surface area contributed by atoms with Gasteiger partial charge >= 0.3 is 12.5 Å². The number of ether oxygens (including phenoxy) is 2. The fourth-order valence-corrected chi connectivity index (χ4v) is 1.78. The minimum atomic E-state index is -4.49. The fraction of sp³-hybridized carbons (Fsp3) is 0.500. The quantitative estimate of drug-likeness (QED) is 0.859. The standard InChI is InChI=1S/C12H13F4NO2/c13-11(14)12(15,16)19-9-3-1-2-8(6-9)10-7-18-5-4-17-10/h1-3,6,10-11,17H,4-5,7H2/t10-/m0/s1. The van der Waals surface area contributed by atoms with E-state index in [0.29, 0.717) is 25.3 Å². The third-order valence-corrected chi connectivity index (χ3v) is 2.69. The summed E-state index contributed by atoms with van der Waals surface area (Å²) in [5, 5.41) is 3.13. The zero-order valence-electron chi connectivity index (χ0n) is 9.91. The van der Waals surface area contributed by atoms with E-state index in [1.807, 2.05) is 0 Å². The SMILES string of the molecule is FC(F)C(F)(F)Oc1cccc([C@@H]2COCCN2)c1. The number of alkyl halides is 4. The van der Waals surface area contributed by atoms with Crippen LogP contribution in [-0.4, -0.2) is 32.3 Å². The van der Waals surface area contributed by atoms with E-state index in [0.717, 1.165) is 0 Å². The van der Waals surface area contributed by atoms with E-state index in [2.05, 4.69) is 10.1 Å². The summed E-state index contributed by atoms with van der Waals surface area (Å²) in [6.45, 7) is 1.62. The Balaban J connectivity index is 2.10. The summed E-state index contributed by atoms with van der Waals surface area (Å²) < 4.78 is 59.0. The lowest BCUT2D eigenvalue weighted by Crippen LogP contribution is -2.35. The van der Waals surface area contributed by atoms with E-state index < -0.39 is 12.5 Å². The maximum absolute atomic E-state index is 12.8. The van der Waals surface area contributed by atoms with E-state index in [9.17, 15) is 17.6 Å². The van der Waals surface area contributed by atoms with Gasteiger partial charge in [0.15, 0.2) is 0 Å². The molecule has 1 heterocycles. The number of nitrogens with one attached hydrogen (secondary N) is 1. The minimum absolute atomic E-state index is 0.155. The van der Waals surface area contributed by atoms with Crippen molar-refractivity contribution < 1.29 is 27.0 Å². The smallest absolute Gasteiger partial charge is 0.428 e. The normalized spacial score (nSPS) is 20.6. The van der Waals surface area contributed by atoms with E-state index >= 15 is 0 Å². The first-order chi connectivity index (χ1) is 8.99. The zero-order valence-corrected chi connectivity index (χ0v) is 9.91. The van der Waals surface area contributed by atoms with Crippen LogP contribution in [0.25, 0.3) is 0 Å². The van der Waals surface area contributed by atoms with E-state index in [4.69, 9.17) is 4.74 Å². The van der Waals surface area contributed by atoms with Gasteiger partial charge in [-0.1, -0.05) is 12.1 Å². The van der Waals surface area contributed by atoms with E-state index in [-0.39, 0.29) is 11.8 Å². The van der Waals surface area contributed by atoms with Crippen molar-refractivity contribution in [2.24, 2.45) is 0 Å². The molecule has 1 aliphatic heterocycles. The van der Waals surface area contributed by atoms with Crippen LogP contribution in [0.2, 0.25) is 0 Å². The van der Waals surface area contributed by atoms with Gasteiger partial charge in [0, 0.05) is 6.54 Å². The van der Waals surface area contributed by atoms with Crippen molar-refractivity contribution in [3.05, 3.63) is 29.8 Å². The van der Waals surface area contributed by atoms with Crippen molar-refractivity contribution in [1.29, 1.82) is 0 Å². The number of morpholine rings is 1. The summed E-state index contributed by atoms with van der Waals surface area (Å²) >= 11 is 0. The molecule has 106 valence electrons. The Labute approximate surface area is 107 Å². The summed E-state index contributed by atoms with van der Waals surface area (Å²) in [5.74, 6) is -0.296. The van der Waals surface area contributed by atoms with Crippen LogP contribution < -0.4 is 10.1 Å². The van der Waals surface area contributed by atoms with E-state index in [1.54, 1.807) is 6.07 Å². The van der Waals surface area contributed by atoms with Crippen LogP contribution in [0.3, 0.4) is 0 Å². The Bertz CT molecular complexity index is 422. The molecule has 0 aliphatic carbocycles. The van der Waals surface area contributed by atoms with Crippen molar-refractivity contribution in [3.63, 3.8) is 0 Å². The summed E-state index contributed by atoms with van der Waals surface area (Å²) in [5.41, 5.74) is 0.655. The number of hydrogen-bond donors (Lipinski definition) is 1. The van der Waals surface area contributed by atoms with Gasteiger partial charge in [-0.3, -0.25) is 0 Å². The van der Waals surface area contributed by atoms with Gasteiger partial charge < -0.3 is 14.8 Å². The first kappa shape index (κ1) is 14.1. The highest BCUT2D eigenvalue weighted by atomic mass is 19.3. The van der Waals surface area contributed by atoms with E-state index in [1.165, 1.54) is 18.2 Å². The highest BCUT2D eigenvalue weighted by Crippen LogP contribution is 2.29. The molecule has 0 amide bonds. The van der Waals surface area contributed by atoms with Crippen molar-refractivity contribution in [2.75, 3.05) is 19.8 Å². The fourth-order valence-electron chi connectivity index (χ4n) is 1.78. The van der Waals surface area contributed by atoms with Crippen LogP contribution in [0.1, 0.15) is 11.6 Å². The predicted octanol–water partition coefficient (Wildman–Crippen LogP) is 2.58. The Hall–Kier alpha value is -1.34. The molecule has 1 atom stereocenters. The van der Waals surface area contributed by atoms with Crippen molar-refractivity contribution in [3.8, 4) is 5.75 Å². The summed E-state index contributed by atoms with van der Waals surface area (Å²) in [4.78, 5) is 0. The first-order valence-corrected chi connectivity index (χ1v) is 5.75. The molecular formula is C12H13F4NO2. The molecule has 0 bridgehead atoms. The summed E-state index contributed by atoms with van der Waals surface area (Å²) in [6, 6.07) is 5.53. The third kappa shape index (κ3) is 3.57. The molecule has 19 heavy (non-hydrogen) atoms. The van der Waals surface area contributed by atoms with Gasteiger partial charge in [-0.2, -0.15) is 17.6 Å². The molecule has 1 saturated heterocycles. The average molecular weight is 279 g/mol. The van der Waals surface area contributed by atoms with Crippen LogP contribution in [0.5, 0.6) is 5.75 Å². The number of hydrogen-bond acceptors (Lipinski definition) is 3. The molecule has 7 heteroatoms. The Morgan fingerprint density at radius 1 is 1.37 bits per heavy atom. The predicted molar refractivity (Wildman–Crippen MR) is 59.6 cm³/mol. The molecule has 0 saturated carbocycles. The topological polar surface area (TPSA) is 30.5 Å². The molecule has 0 unspecified atom stereocenters. The van der Waals surface area contributed by atoms with Crippen LogP contribution >= 0.6 is 0 Å². The van der Waals surface area contributed by atoms with Crippen LogP contribution in [0.15, 0.2) is 24.3 Å². The maximum Gasteiger partial charge on any atom is 0.461 e. The molecule has 1 aromatic rings. The molecule has 1 aromatic carbocycles. The van der Waals surface area contributed by atoms with Crippen LogP contribution in [0, 0.1) is 0 Å². The maximum atomic E-state index is 12.8. The Morgan fingerprint density at radius 2 is 2.16 bits per heavy atom. The Morgan fingerprint density at radius 3 is 2.79 bits per heavy atom. The molecule has 1 N–H and O–H groups in total. The van der Waals surface area contributed by atoms with Gasteiger partial charge in [-0.25, -0.2) is 0 Å². The third-order valence-electron chi connectivity index (χ3n) is 2.69. The van der Waals surface area contributed by atoms with Gasteiger partial charge in [0.05, 0.1) is 19.3 Å². The second-order valence-electron chi connectivity index (χ2n) is 4.12. The molecule has 0 radical (unpaired) electrons. The van der Waals surface area contributed by atoms with Gasteiger partial charge in [0.2, 0.25) is 0 Å². The zero-order chi connectivity index (χ0) is 13.9. The lowest BCUT2D eigenvalue weighted by atomic mass is 10.1. The first-order valence-electron chi connectivity index (χ1n) is 5.75. The number of benzene rings is 1. The van der Waals surface area contributed by atoms with Gasteiger partial charge in [0.25, 0.3) is 0 Å². The van der Waals surface area contributed by atoms with Crippen molar-refractivity contribution in [1.82, 2.24) is 5.32 Å². The molecule has 1 fully saturated rings. The van der Waals surface area contributed by atoms with Gasteiger partial charge in [-0.05, 0) is 17.7 Å². The van der Waals surface area contributed by atoms with Crippen molar-refractivity contribution in [2.45, 2.75) is 18.6 Å². The van der Waals surface area contributed by atoms with Crippen LogP contribution in [0.4, 0.5) is 17.6 Å². The molecular weight excluding hydrogens is 266 g/mol. The minimum Gasteiger partial charge on any atom is -0.428 e. The summed E-state index contributed by atoms with van der Waals surface area (Å²) in [6.07, 6.45) is -8.36. The second-order valence-corrected chi connectivity index (χ2v) is 4.12. The highest BCUT2D eigenvalue weighted by molar-refractivity contribution is 5.31.